The fourth-order valence-electron chi connectivity index (χ4n) is 3.01. The first-order valence-electron chi connectivity index (χ1n) is 7.89. The van der Waals surface area contributed by atoms with Crippen molar-refractivity contribution < 1.29 is 4.79 Å². The van der Waals surface area contributed by atoms with Gasteiger partial charge in [0.1, 0.15) is 0 Å². The van der Waals surface area contributed by atoms with Crippen LogP contribution in [0.4, 0.5) is 5.82 Å². The molecule has 0 unspecified atom stereocenters. The van der Waals surface area contributed by atoms with Gasteiger partial charge in [-0.15, -0.1) is 0 Å². The Morgan fingerprint density at radius 1 is 1.33 bits per heavy atom. The third-order valence-corrected chi connectivity index (χ3v) is 4.49. The molecule has 0 saturated heterocycles. The van der Waals surface area contributed by atoms with E-state index >= 15 is 0 Å². The standard InChI is InChI=1S/C16H28N4O/c1-15(2,3)12-10-13(20-19-12)18-14(21)11-16(17-4)8-6-5-7-9-16/h10,17H,5-9,11H2,1-4H3,(H2,18,19,20,21). The lowest BCUT2D eigenvalue weighted by molar-refractivity contribution is -0.118. The van der Waals surface area contributed by atoms with Crippen LogP contribution in [0.3, 0.4) is 0 Å². The zero-order valence-electron chi connectivity index (χ0n) is 13.7. The average molecular weight is 292 g/mol. The topological polar surface area (TPSA) is 69.8 Å². The molecule has 5 nitrogen and oxygen atoms in total. The first kappa shape index (κ1) is 16.0. The van der Waals surface area contributed by atoms with Gasteiger partial charge in [-0.05, 0) is 19.9 Å². The first-order chi connectivity index (χ1) is 9.85. The predicted octanol–water partition coefficient (Wildman–Crippen LogP) is 2.96. The van der Waals surface area contributed by atoms with Gasteiger partial charge in [-0.1, -0.05) is 40.0 Å². The summed E-state index contributed by atoms with van der Waals surface area (Å²) in [6.07, 6.45) is 6.34. The number of hydrogen-bond acceptors (Lipinski definition) is 3. The number of amides is 1. The van der Waals surface area contributed by atoms with Crippen molar-refractivity contribution in [1.82, 2.24) is 15.5 Å². The van der Waals surface area contributed by atoms with Crippen LogP contribution in [0.2, 0.25) is 0 Å². The summed E-state index contributed by atoms with van der Waals surface area (Å²) in [4.78, 5) is 12.3. The van der Waals surface area contributed by atoms with Crippen LogP contribution in [-0.2, 0) is 10.2 Å². The Labute approximate surface area is 127 Å². The van der Waals surface area contributed by atoms with Gasteiger partial charge in [-0.3, -0.25) is 9.89 Å². The van der Waals surface area contributed by atoms with Crippen LogP contribution >= 0.6 is 0 Å². The summed E-state index contributed by atoms with van der Waals surface area (Å²) in [5.74, 6) is 0.658. The summed E-state index contributed by atoms with van der Waals surface area (Å²) in [6, 6.07) is 1.92. The van der Waals surface area contributed by atoms with Crippen molar-refractivity contribution in [2.45, 2.75) is 70.3 Å². The van der Waals surface area contributed by atoms with Gasteiger partial charge in [-0.25, -0.2) is 0 Å². The molecule has 118 valence electrons. The summed E-state index contributed by atoms with van der Waals surface area (Å²) in [5, 5.41) is 13.5. The molecule has 3 N–H and O–H groups in total. The van der Waals surface area contributed by atoms with E-state index in [0.717, 1.165) is 18.5 Å². The second-order valence-corrected chi connectivity index (χ2v) is 7.23. The minimum Gasteiger partial charge on any atom is -0.314 e. The number of nitrogens with zero attached hydrogens (tertiary/aromatic N) is 1. The Bertz CT molecular complexity index is 481. The van der Waals surface area contributed by atoms with Crippen molar-refractivity contribution in [3.8, 4) is 0 Å². The second-order valence-electron chi connectivity index (χ2n) is 7.23. The molecule has 5 heteroatoms. The van der Waals surface area contributed by atoms with E-state index < -0.39 is 0 Å². The molecule has 0 aromatic carbocycles. The number of aromatic nitrogens is 2. The Morgan fingerprint density at radius 3 is 2.52 bits per heavy atom. The summed E-state index contributed by atoms with van der Waals surface area (Å²) < 4.78 is 0. The van der Waals surface area contributed by atoms with E-state index in [1.54, 1.807) is 0 Å². The summed E-state index contributed by atoms with van der Waals surface area (Å²) in [7, 11) is 1.96. The van der Waals surface area contributed by atoms with Gasteiger partial charge < -0.3 is 10.6 Å². The molecule has 0 atom stereocenters. The Balaban J connectivity index is 1.96. The minimum atomic E-state index is -0.0362. The van der Waals surface area contributed by atoms with Gasteiger partial charge in [0, 0.05) is 29.1 Å². The van der Waals surface area contributed by atoms with Crippen LogP contribution in [0.1, 0.15) is 65.0 Å². The van der Waals surface area contributed by atoms with Crippen LogP contribution in [0.15, 0.2) is 6.07 Å². The zero-order valence-corrected chi connectivity index (χ0v) is 13.7. The number of hydrogen-bond donors (Lipinski definition) is 3. The van der Waals surface area contributed by atoms with E-state index in [1.165, 1.54) is 19.3 Å². The molecule has 1 aromatic rings. The molecule has 1 aliphatic carbocycles. The molecule has 21 heavy (non-hydrogen) atoms. The molecule has 1 aliphatic rings. The molecule has 1 saturated carbocycles. The molecule has 0 aliphatic heterocycles. The van der Waals surface area contributed by atoms with E-state index in [9.17, 15) is 4.79 Å². The number of nitrogens with one attached hydrogen (secondary N) is 3. The zero-order chi connectivity index (χ0) is 15.5. The predicted molar refractivity (Wildman–Crippen MR) is 85.4 cm³/mol. The molecular weight excluding hydrogens is 264 g/mol. The SMILES string of the molecule is CNC1(CC(=O)Nc2cc(C(C)(C)C)[nH]n2)CCCCC1. The highest BCUT2D eigenvalue weighted by molar-refractivity contribution is 5.90. The van der Waals surface area contributed by atoms with Crippen LogP contribution < -0.4 is 10.6 Å². The molecule has 1 fully saturated rings. The number of rotatable bonds is 4. The maximum absolute atomic E-state index is 12.3. The maximum Gasteiger partial charge on any atom is 0.227 e. The second kappa shape index (κ2) is 6.18. The van der Waals surface area contributed by atoms with Crippen LogP contribution in [-0.4, -0.2) is 28.7 Å². The molecule has 1 heterocycles. The largest absolute Gasteiger partial charge is 0.314 e. The molecule has 0 spiro atoms. The van der Waals surface area contributed by atoms with Gasteiger partial charge in [-0.2, -0.15) is 5.10 Å². The molecule has 2 rings (SSSR count). The van der Waals surface area contributed by atoms with Gasteiger partial charge in [0.25, 0.3) is 0 Å². The third-order valence-electron chi connectivity index (χ3n) is 4.49. The van der Waals surface area contributed by atoms with E-state index in [0.29, 0.717) is 12.2 Å². The van der Waals surface area contributed by atoms with Crippen molar-refractivity contribution in [2.24, 2.45) is 0 Å². The van der Waals surface area contributed by atoms with Crippen molar-refractivity contribution in [3.05, 3.63) is 11.8 Å². The Morgan fingerprint density at radius 2 is 2.00 bits per heavy atom. The van der Waals surface area contributed by atoms with E-state index in [4.69, 9.17) is 0 Å². The van der Waals surface area contributed by atoms with Crippen molar-refractivity contribution in [1.29, 1.82) is 0 Å². The van der Waals surface area contributed by atoms with Gasteiger partial charge in [0.05, 0.1) is 0 Å². The number of carbonyl (C=O) groups is 1. The normalized spacial score (nSPS) is 18.5. The molecule has 0 bridgehead atoms. The van der Waals surface area contributed by atoms with Crippen molar-refractivity contribution in [3.63, 3.8) is 0 Å². The fourth-order valence-corrected chi connectivity index (χ4v) is 3.01. The highest BCUT2D eigenvalue weighted by Crippen LogP contribution is 2.31. The highest BCUT2D eigenvalue weighted by atomic mass is 16.1. The van der Waals surface area contributed by atoms with Gasteiger partial charge in [0.2, 0.25) is 5.91 Å². The van der Waals surface area contributed by atoms with E-state index in [1.807, 2.05) is 13.1 Å². The quantitative estimate of drug-likeness (QED) is 0.799. The average Bonchev–Trinajstić information content (AvgIpc) is 2.88. The smallest absolute Gasteiger partial charge is 0.227 e. The lowest BCUT2D eigenvalue weighted by atomic mass is 9.79. The number of anilines is 1. The highest BCUT2D eigenvalue weighted by Gasteiger charge is 2.32. The maximum atomic E-state index is 12.3. The fraction of sp³-hybridized carbons (Fsp3) is 0.750. The molecule has 1 aromatic heterocycles. The summed E-state index contributed by atoms with van der Waals surface area (Å²) >= 11 is 0. The van der Waals surface area contributed by atoms with E-state index in [-0.39, 0.29) is 16.9 Å². The lowest BCUT2D eigenvalue weighted by Crippen LogP contribution is -2.47. The summed E-state index contributed by atoms with van der Waals surface area (Å²) in [6.45, 7) is 6.35. The number of aromatic amines is 1. The monoisotopic (exact) mass is 292 g/mol. The number of carbonyl (C=O) groups excluding carboxylic acids is 1. The van der Waals surface area contributed by atoms with Crippen LogP contribution in [0.5, 0.6) is 0 Å². The molecule has 1 amide bonds. The van der Waals surface area contributed by atoms with Crippen molar-refractivity contribution in [2.75, 3.05) is 12.4 Å². The molecular formula is C16H28N4O. The summed E-state index contributed by atoms with van der Waals surface area (Å²) in [5.41, 5.74) is 0.996. The Kier molecular flexibility index (Phi) is 4.71. The van der Waals surface area contributed by atoms with Crippen LogP contribution in [0, 0.1) is 0 Å². The van der Waals surface area contributed by atoms with Gasteiger partial charge in [0.15, 0.2) is 5.82 Å². The lowest BCUT2D eigenvalue weighted by Gasteiger charge is -2.36. The van der Waals surface area contributed by atoms with E-state index in [2.05, 4.69) is 41.6 Å². The first-order valence-corrected chi connectivity index (χ1v) is 7.89. The number of H-pyrrole nitrogens is 1. The Hall–Kier alpha value is -1.36. The van der Waals surface area contributed by atoms with Gasteiger partial charge >= 0.3 is 0 Å². The molecule has 0 radical (unpaired) electrons. The van der Waals surface area contributed by atoms with Crippen LogP contribution in [0.25, 0.3) is 0 Å². The van der Waals surface area contributed by atoms with Crippen molar-refractivity contribution >= 4 is 11.7 Å². The third kappa shape index (κ3) is 4.06. The minimum absolute atomic E-state index is 0.00550.